The highest BCUT2D eigenvalue weighted by atomic mass is 16.6. The van der Waals surface area contributed by atoms with Crippen LogP contribution in [0, 0.1) is 17.0 Å². The lowest BCUT2D eigenvalue weighted by Gasteiger charge is -2.03. The topological polar surface area (TPSA) is 61.0 Å². The van der Waals surface area contributed by atoms with Gasteiger partial charge in [0.05, 0.1) is 4.92 Å². The van der Waals surface area contributed by atoms with Crippen LogP contribution in [0.2, 0.25) is 0 Å². The average molecular weight is 203 g/mol. The Hall–Kier alpha value is -2.17. The van der Waals surface area contributed by atoms with Crippen molar-refractivity contribution in [2.45, 2.75) is 6.92 Å². The smallest absolute Gasteiger partial charge is 0.287 e. The van der Waals surface area contributed by atoms with Gasteiger partial charge in [-0.1, -0.05) is 0 Å². The van der Waals surface area contributed by atoms with Gasteiger partial charge in [0.2, 0.25) is 0 Å². The summed E-state index contributed by atoms with van der Waals surface area (Å²) in [6.45, 7) is 1.95. The maximum absolute atomic E-state index is 10.4. The molecule has 5 nitrogen and oxygen atoms in total. The molecule has 0 spiro atoms. The molecule has 0 bridgehead atoms. The molecular formula is C10H9N3O2. The Kier molecular flexibility index (Phi) is 2.21. The van der Waals surface area contributed by atoms with E-state index in [9.17, 15) is 10.1 Å². The summed E-state index contributed by atoms with van der Waals surface area (Å²) in [6.07, 6.45) is 3.12. The lowest BCUT2D eigenvalue weighted by Crippen LogP contribution is -1.98. The fourth-order valence-corrected chi connectivity index (χ4v) is 1.35. The van der Waals surface area contributed by atoms with Crippen molar-refractivity contribution in [1.29, 1.82) is 0 Å². The summed E-state index contributed by atoms with van der Waals surface area (Å²) in [7, 11) is 0. The van der Waals surface area contributed by atoms with E-state index in [1.165, 1.54) is 12.3 Å². The van der Waals surface area contributed by atoms with Gasteiger partial charge in [-0.3, -0.25) is 10.1 Å². The predicted molar refractivity (Wildman–Crippen MR) is 55.0 cm³/mol. The quantitative estimate of drug-likeness (QED) is 0.554. The fourth-order valence-electron chi connectivity index (χ4n) is 1.35. The van der Waals surface area contributed by atoms with E-state index in [0.29, 0.717) is 5.82 Å². The van der Waals surface area contributed by atoms with E-state index in [0.717, 1.165) is 5.69 Å². The highest BCUT2D eigenvalue weighted by Crippen LogP contribution is 2.13. The molecule has 0 fully saturated rings. The predicted octanol–water partition coefficient (Wildman–Crippen LogP) is 2.09. The Morgan fingerprint density at radius 3 is 2.67 bits per heavy atom. The molecule has 2 aromatic rings. The lowest BCUT2D eigenvalue weighted by atomic mass is 10.4. The number of aryl methyl sites for hydroxylation is 1. The third-order valence-electron chi connectivity index (χ3n) is 2.14. The lowest BCUT2D eigenvalue weighted by molar-refractivity contribution is -0.385. The van der Waals surface area contributed by atoms with Gasteiger partial charge in [0.15, 0.2) is 0 Å². The van der Waals surface area contributed by atoms with Crippen LogP contribution < -0.4 is 0 Å². The van der Waals surface area contributed by atoms with E-state index in [-0.39, 0.29) is 5.69 Å². The molecule has 76 valence electrons. The Bertz CT molecular complexity index is 488. The fraction of sp³-hybridized carbons (Fsp3) is 0.100. The zero-order chi connectivity index (χ0) is 10.8. The summed E-state index contributed by atoms with van der Waals surface area (Å²) in [5.41, 5.74) is 1.04. The van der Waals surface area contributed by atoms with Gasteiger partial charge < -0.3 is 4.57 Å². The molecule has 0 N–H and O–H groups in total. The summed E-state index contributed by atoms with van der Waals surface area (Å²) in [5, 5.41) is 10.4. The third kappa shape index (κ3) is 1.71. The van der Waals surface area contributed by atoms with Crippen molar-refractivity contribution in [3.05, 3.63) is 52.5 Å². The summed E-state index contributed by atoms with van der Waals surface area (Å²) in [6, 6.07) is 6.93. The minimum absolute atomic E-state index is 0.00330. The van der Waals surface area contributed by atoms with Crippen molar-refractivity contribution in [3.63, 3.8) is 0 Å². The number of hydrogen-bond acceptors (Lipinski definition) is 3. The maximum Gasteiger partial charge on any atom is 0.287 e. The monoisotopic (exact) mass is 203 g/mol. The van der Waals surface area contributed by atoms with Crippen molar-refractivity contribution in [2.24, 2.45) is 0 Å². The summed E-state index contributed by atoms with van der Waals surface area (Å²) in [4.78, 5) is 14.0. The van der Waals surface area contributed by atoms with Gasteiger partial charge in [-0.05, 0) is 25.1 Å². The van der Waals surface area contributed by atoms with Gasteiger partial charge in [-0.15, -0.1) is 0 Å². The number of nitrogens with zero attached hydrogens (tertiary/aromatic N) is 3. The minimum Gasteiger partial charge on any atom is -0.306 e. The molecule has 2 rings (SSSR count). The maximum atomic E-state index is 10.4. The van der Waals surface area contributed by atoms with Crippen molar-refractivity contribution in [3.8, 4) is 5.82 Å². The molecule has 0 unspecified atom stereocenters. The van der Waals surface area contributed by atoms with Gasteiger partial charge >= 0.3 is 0 Å². The number of rotatable bonds is 2. The van der Waals surface area contributed by atoms with E-state index in [1.807, 2.05) is 29.8 Å². The number of hydrogen-bond donors (Lipinski definition) is 0. The zero-order valence-electron chi connectivity index (χ0n) is 8.12. The molecule has 0 amide bonds. The molecule has 0 saturated heterocycles. The summed E-state index contributed by atoms with van der Waals surface area (Å²) in [5.74, 6) is 0.683. The van der Waals surface area contributed by atoms with Gasteiger partial charge in [-0.25, -0.2) is 4.98 Å². The van der Waals surface area contributed by atoms with Crippen LogP contribution in [0.5, 0.6) is 0 Å². The standard InChI is InChI=1S/C10H9N3O2/c1-8-3-2-6-12(8)10-5-4-9(7-11-10)13(14)15/h2-7H,1H3. The second kappa shape index (κ2) is 3.53. The number of pyridine rings is 1. The van der Waals surface area contributed by atoms with Gasteiger partial charge in [0, 0.05) is 18.0 Å². The molecule has 0 saturated carbocycles. The molecule has 2 heterocycles. The Morgan fingerprint density at radius 2 is 2.20 bits per heavy atom. The first-order chi connectivity index (χ1) is 7.18. The van der Waals surface area contributed by atoms with Crippen LogP contribution >= 0.6 is 0 Å². The molecule has 5 heteroatoms. The van der Waals surface area contributed by atoms with Crippen molar-refractivity contribution in [1.82, 2.24) is 9.55 Å². The molecule has 2 aromatic heterocycles. The molecule has 15 heavy (non-hydrogen) atoms. The van der Waals surface area contributed by atoms with E-state index >= 15 is 0 Å². The van der Waals surface area contributed by atoms with E-state index in [2.05, 4.69) is 4.98 Å². The first-order valence-corrected chi connectivity index (χ1v) is 4.43. The first-order valence-electron chi connectivity index (χ1n) is 4.43. The van der Waals surface area contributed by atoms with Crippen LogP contribution in [-0.2, 0) is 0 Å². The molecule has 0 radical (unpaired) electrons. The average Bonchev–Trinajstić information content (AvgIpc) is 2.65. The van der Waals surface area contributed by atoms with Crippen LogP contribution in [0.15, 0.2) is 36.7 Å². The number of aromatic nitrogens is 2. The first kappa shape index (κ1) is 9.39. The second-order valence-corrected chi connectivity index (χ2v) is 3.15. The van der Waals surface area contributed by atoms with Crippen LogP contribution in [0.4, 0.5) is 5.69 Å². The van der Waals surface area contributed by atoms with Crippen LogP contribution in [0.1, 0.15) is 5.69 Å². The molecule has 0 aliphatic rings. The molecule has 0 aliphatic carbocycles. The number of nitro groups is 1. The summed E-state index contributed by atoms with van der Waals surface area (Å²) < 4.78 is 1.86. The highest BCUT2D eigenvalue weighted by molar-refractivity contribution is 5.34. The van der Waals surface area contributed by atoms with Gasteiger partial charge in [-0.2, -0.15) is 0 Å². The third-order valence-corrected chi connectivity index (χ3v) is 2.14. The Labute approximate surface area is 86.1 Å². The van der Waals surface area contributed by atoms with Crippen LogP contribution in [0.3, 0.4) is 0 Å². The van der Waals surface area contributed by atoms with E-state index < -0.39 is 4.92 Å². The van der Waals surface area contributed by atoms with Crippen LogP contribution in [-0.4, -0.2) is 14.5 Å². The van der Waals surface area contributed by atoms with E-state index in [4.69, 9.17) is 0 Å². The van der Waals surface area contributed by atoms with Crippen molar-refractivity contribution >= 4 is 5.69 Å². The largest absolute Gasteiger partial charge is 0.306 e. The Balaban J connectivity index is 2.40. The Morgan fingerprint density at radius 1 is 1.40 bits per heavy atom. The normalized spacial score (nSPS) is 10.2. The van der Waals surface area contributed by atoms with E-state index in [1.54, 1.807) is 6.07 Å². The molecule has 0 atom stereocenters. The van der Waals surface area contributed by atoms with Gasteiger partial charge in [0.25, 0.3) is 5.69 Å². The minimum atomic E-state index is -0.459. The molecular weight excluding hydrogens is 194 g/mol. The molecule has 0 aliphatic heterocycles. The second-order valence-electron chi connectivity index (χ2n) is 3.15. The van der Waals surface area contributed by atoms with Crippen molar-refractivity contribution in [2.75, 3.05) is 0 Å². The van der Waals surface area contributed by atoms with Crippen LogP contribution in [0.25, 0.3) is 5.82 Å². The van der Waals surface area contributed by atoms with Gasteiger partial charge in [0.1, 0.15) is 12.0 Å². The zero-order valence-corrected chi connectivity index (χ0v) is 8.12. The molecule has 0 aromatic carbocycles. The highest BCUT2D eigenvalue weighted by Gasteiger charge is 2.06. The van der Waals surface area contributed by atoms with Crippen molar-refractivity contribution < 1.29 is 4.92 Å². The SMILES string of the molecule is Cc1cccn1-c1ccc([N+](=O)[O-])cn1. The summed E-state index contributed by atoms with van der Waals surface area (Å²) >= 11 is 0.